The van der Waals surface area contributed by atoms with Crippen LogP contribution in [0.25, 0.3) is 0 Å². The van der Waals surface area contributed by atoms with Crippen LogP contribution in [0.3, 0.4) is 0 Å². The van der Waals surface area contributed by atoms with Crippen LogP contribution in [-0.2, 0) is 6.54 Å². The number of benzene rings is 1. The molecule has 112 valence electrons. The fourth-order valence-electron chi connectivity index (χ4n) is 2.16. The van der Waals surface area contributed by atoms with E-state index in [1.54, 1.807) is 17.8 Å². The van der Waals surface area contributed by atoms with Crippen molar-refractivity contribution in [2.24, 2.45) is 0 Å². The smallest absolute Gasteiger partial charge is 0.274 e. The molecule has 0 atom stereocenters. The molecule has 0 spiro atoms. The number of hydrogen-bond donors (Lipinski definition) is 1. The molecule has 0 fully saturated rings. The molecule has 0 unspecified atom stereocenters. The van der Waals surface area contributed by atoms with Crippen LogP contribution in [0.15, 0.2) is 35.2 Å². The topological polar surface area (TPSA) is 49.0 Å². The molecule has 1 amide bonds. The Morgan fingerprint density at radius 2 is 2.05 bits per heavy atom. The largest absolute Gasteiger partial charge is 0.333 e. The van der Waals surface area contributed by atoms with Crippen molar-refractivity contribution in [2.45, 2.75) is 31.7 Å². The molecule has 0 saturated heterocycles. The molecule has 1 heterocycles. The molecule has 2 aromatic rings. The lowest BCUT2D eigenvalue weighted by atomic mass is 10.2. The van der Waals surface area contributed by atoms with Crippen LogP contribution in [0.2, 0.25) is 0 Å². The van der Waals surface area contributed by atoms with Crippen molar-refractivity contribution in [2.75, 3.05) is 12.8 Å². The third-order valence-electron chi connectivity index (χ3n) is 3.24. The fraction of sp³-hybridized carbons (Fsp3) is 0.375. The molecule has 0 aliphatic carbocycles. The van der Waals surface area contributed by atoms with Crippen LogP contribution in [0, 0.1) is 6.92 Å². The number of carbonyl (C=O) groups excluding carboxylic acids is 1. The van der Waals surface area contributed by atoms with Crippen LogP contribution in [-0.4, -0.2) is 33.8 Å². The highest BCUT2D eigenvalue weighted by atomic mass is 32.2. The average Bonchev–Trinajstić information content (AvgIpc) is 2.93. The van der Waals surface area contributed by atoms with Gasteiger partial charge in [-0.05, 0) is 43.4 Å². The van der Waals surface area contributed by atoms with Crippen molar-refractivity contribution in [3.05, 3.63) is 47.3 Å². The van der Waals surface area contributed by atoms with Crippen LogP contribution >= 0.6 is 11.8 Å². The van der Waals surface area contributed by atoms with Crippen LogP contribution < -0.4 is 0 Å². The highest BCUT2D eigenvalue weighted by molar-refractivity contribution is 7.98. The standard InChI is InChI=1S/C16H21N3OS/c1-4-9-19(16(20)15-10-12(2)17-18-15)11-13-5-7-14(21-3)8-6-13/h5-8,10H,4,9,11H2,1-3H3,(H,17,18). The molecular weight excluding hydrogens is 282 g/mol. The Morgan fingerprint density at radius 3 is 2.57 bits per heavy atom. The van der Waals surface area contributed by atoms with E-state index in [1.807, 2.05) is 11.8 Å². The normalized spacial score (nSPS) is 10.6. The SMILES string of the molecule is CCCN(Cc1ccc(SC)cc1)C(=O)c1cc(C)[nH]n1. The summed E-state index contributed by atoms with van der Waals surface area (Å²) in [5.41, 5.74) is 2.53. The summed E-state index contributed by atoms with van der Waals surface area (Å²) in [4.78, 5) is 15.6. The maximum absolute atomic E-state index is 12.5. The minimum Gasteiger partial charge on any atom is -0.333 e. The lowest BCUT2D eigenvalue weighted by Crippen LogP contribution is -2.31. The summed E-state index contributed by atoms with van der Waals surface area (Å²) >= 11 is 1.72. The van der Waals surface area contributed by atoms with Crippen molar-refractivity contribution in [1.29, 1.82) is 0 Å². The van der Waals surface area contributed by atoms with Gasteiger partial charge in [0, 0.05) is 23.7 Å². The molecule has 2 rings (SSSR count). The average molecular weight is 303 g/mol. The molecule has 0 aliphatic heterocycles. The predicted octanol–water partition coefficient (Wildman–Crippen LogP) is 3.49. The molecule has 1 N–H and O–H groups in total. The number of carbonyl (C=O) groups is 1. The van der Waals surface area contributed by atoms with E-state index in [0.29, 0.717) is 12.2 Å². The van der Waals surface area contributed by atoms with Gasteiger partial charge in [-0.15, -0.1) is 11.8 Å². The third-order valence-corrected chi connectivity index (χ3v) is 3.98. The highest BCUT2D eigenvalue weighted by Crippen LogP contribution is 2.16. The minimum atomic E-state index is -0.0184. The van der Waals surface area contributed by atoms with Gasteiger partial charge in [0.25, 0.3) is 5.91 Å². The lowest BCUT2D eigenvalue weighted by molar-refractivity contribution is 0.0737. The molecule has 4 nitrogen and oxygen atoms in total. The van der Waals surface area contributed by atoms with Gasteiger partial charge in [0.1, 0.15) is 5.69 Å². The van der Waals surface area contributed by atoms with E-state index < -0.39 is 0 Å². The van der Waals surface area contributed by atoms with Crippen molar-refractivity contribution < 1.29 is 4.79 Å². The maximum atomic E-state index is 12.5. The fourth-order valence-corrected chi connectivity index (χ4v) is 2.57. The van der Waals surface area contributed by atoms with Crippen molar-refractivity contribution in [1.82, 2.24) is 15.1 Å². The van der Waals surface area contributed by atoms with E-state index in [2.05, 4.69) is 47.6 Å². The molecule has 0 radical (unpaired) electrons. The number of aromatic nitrogens is 2. The van der Waals surface area contributed by atoms with E-state index in [4.69, 9.17) is 0 Å². The van der Waals surface area contributed by atoms with E-state index >= 15 is 0 Å². The second kappa shape index (κ2) is 7.31. The number of nitrogens with one attached hydrogen (secondary N) is 1. The quantitative estimate of drug-likeness (QED) is 0.831. The van der Waals surface area contributed by atoms with Gasteiger partial charge >= 0.3 is 0 Å². The van der Waals surface area contributed by atoms with Crippen molar-refractivity contribution in [3.63, 3.8) is 0 Å². The Hall–Kier alpha value is -1.75. The van der Waals surface area contributed by atoms with E-state index in [1.165, 1.54) is 4.90 Å². The zero-order chi connectivity index (χ0) is 15.2. The second-order valence-corrected chi connectivity index (χ2v) is 5.89. The summed E-state index contributed by atoms with van der Waals surface area (Å²) < 4.78 is 0. The van der Waals surface area contributed by atoms with Crippen molar-refractivity contribution in [3.8, 4) is 0 Å². The van der Waals surface area contributed by atoms with E-state index in [9.17, 15) is 4.79 Å². The number of nitrogens with zero attached hydrogens (tertiary/aromatic N) is 2. The second-order valence-electron chi connectivity index (χ2n) is 5.01. The number of amides is 1. The van der Waals surface area contributed by atoms with E-state index in [-0.39, 0.29) is 5.91 Å². The van der Waals surface area contributed by atoms with Gasteiger partial charge in [0.05, 0.1) is 0 Å². The Balaban J connectivity index is 2.12. The lowest BCUT2D eigenvalue weighted by Gasteiger charge is -2.21. The zero-order valence-electron chi connectivity index (χ0n) is 12.7. The summed E-state index contributed by atoms with van der Waals surface area (Å²) in [7, 11) is 0. The first kappa shape index (κ1) is 15.6. The first-order valence-corrected chi connectivity index (χ1v) is 8.30. The van der Waals surface area contributed by atoms with Gasteiger partial charge in [-0.1, -0.05) is 19.1 Å². The molecule has 0 aliphatic rings. The summed E-state index contributed by atoms with van der Waals surface area (Å²) in [5, 5.41) is 6.89. The summed E-state index contributed by atoms with van der Waals surface area (Å²) in [6, 6.07) is 10.1. The Kier molecular flexibility index (Phi) is 5.44. The number of H-pyrrole nitrogens is 1. The van der Waals surface area contributed by atoms with Crippen LogP contribution in [0.5, 0.6) is 0 Å². The monoisotopic (exact) mass is 303 g/mol. The first-order valence-electron chi connectivity index (χ1n) is 7.08. The van der Waals surface area contributed by atoms with Crippen LogP contribution in [0.1, 0.15) is 35.1 Å². The number of aromatic amines is 1. The van der Waals surface area contributed by atoms with Crippen molar-refractivity contribution >= 4 is 17.7 Å². The summed E-state index contributed by atoms with van der Waals surface area (Å²) in [5.74, 6) is -0.0184. The number of aryl methyl sites for hydroxylation is 1. The summed E-state index contributed by atoms with van der Waals surface area (Å²) in [6.07, 6.45) is 2.99. The van der Waals surface area contributed by atoms with Gasteiger partial charge in [0.15, 0.2) is 0 Å². The molecular formula is C16H21N3OS. The zero-order valence-corrected chi connectivity index (χ0v) is 13.5. The molecule has 1 aromatic heterocycles. The maximum Gasteiger partial charge on any atom is 0.274 e. The Labute approximate surface area is 129 Å². The Morgan fingerprint density at radius 1 is 1.33 bits per heavy atom. The number of hydrogen-bond acceptors (Lipinski definition) is 3. The number of thioether (sulfide) groups is 1. The van der Waals surface area contributed by atoms with Gasteiger partial charge < -0.3 is 4.90 Å². The number of rotatable bonds is 6. The van der Waals surface area contributed by atoms with E-state index in [0.717, 1.165) is 24.2 Å². The highest BCUT2D eigenvalue weighted by Gasteiger charge is 2.17. The predicted molar refractivity (Wildman–Crippen MR) is 86.6 cm³/mol. The third kappa shape index (κ3) is 4.11. The van der Waals surface area contributed by atoms with Gasteiger partial charge in [-0.3, -0.25) is 9.89 Å². The Bertz CT molecular complexity index is 592. The van der Waals surface area contributed by atoms with Gasteiger partial charge in [-0.2, -0.15) is 5.10 Å². The summed E-state index contributed by atoms with van der Waals surface area (Å²) in [6.45, 7) is 5.32. The van der Waals surface area contributed by atoms with Gasteiger partial charge in [0.2, 0.25) is 0 Å². The molecule has 0 bridgehead atoms. The molecule has 1 aromatic carbocycles. The molecule has 0 saturated carbocycles. The molecule has 21 heavy (non-hydrogen) atoms. The first-order chi connectivity index (χ1) is 10.1. The van der Waals surface area contributed by atoms with Crippen LogP contribution in [0.4, 0.5) is 0 Å². The molecule has 5 heteroatoms. The van der Waals surface area contributed by atoms with Gasteiger partial charge in [-0.25, -0.2) is 0 Å². The minimum absolute atomic E-state index is 0.0184.